The molecule has 0 atom stereocenters. The molecule has 3 rings (SSSR count). The number of nitrogens with one attached hydrogen (secondary N) is 1. The molecule has 3 aromatic rings. The van der Waals surface area contributed by atoms with Gasteiger partial charge in [0, 0.05) is 16.0 Å². The van der Waals surface area contributed by atoms with E-state index >= 15 is 0 Å². The van der Waals surface area contributed by atoms with E-state index in [-0.39, 0.29) is 5.91 Å². The van der Waals surface area contributed by atoms with Gasteiger partial charge in [0.15, 0.2) is 5.13 Å². The van der Waals surface area contributed by atoms with Gasteiger partial charge in [0.1, 0.15) is 11.5 Å². The number of carbonyl (C=O) groups excluding carboxylic acids is 1. The van der Waals surface area contributed by atoms with Crippen LogP contribution in [0, 0.1) is 6.92 Å². The lowest BCUT2D eigenvalue weighted by molar-refractivity contribution is 0.102. The molecule has 0 radical (unpaired) electrons. The maximum absolute atomic E-state index is 12.6. The molecule has 0 aliphatic rings. The number of anilines is 1. The molecule has 1 amide bonds. The predicted molar refractivity (Wildman–Crippen MR) is 118 cm³/mol. The highest BCUT2D eigenvalue weighted by Gasteiger charge is 2.13. The van der Waals surface area contributed by atoms with Crippen molar-refractivity contribution in [2.75, 3.05) is 19.0 Å². The summed E-state index contributed by atoms with van der Waals surface area (Å²) in [7, 11) is 1.64. The van der Waals surface area contributed by atoms with E-state index in [2.05, 4.69) is 17.2 Å². The minimum Gasteiger partial charge on any atom is -0.497 e. The molecule has 0 saturated heterocycles. The lowest BCUT2D eigenvalue weighted by Gasteiger charge is -2.07. The summed E-state index contributed by atoms with van der Waals surface area (Å²) in [4.78, 5) is 18.2. The number of hydrogen-bond acceptors (Lipinski definition) is 5. The first kappa shape index (κ1) is 20.9. The molecule has 2 aromatic carbocycles. The smallest absolute Gasteiger partial charge is 0.257 e. The zero-order valence-corrected chi connectivity index (χ0v) is 17.8. The van der Waals surface area contributed by atoms with Crippen molar-refractivity contribution in [1.82, 2.24) is 4.98 Å². The summed E-state index contributed by atoms with van der Waals surface area (Å²) >= 11 is 1.46. The fourth-order valence-corrected chi connectivity index (χ4v) is 3.71. The maximum atomic E-state index is 12.6. The number of thiazole rings is 1. The van der Waals surface area contributed by atoms with Crippen molar-refractivity contribution in [1.29, 1.82) is 0 Å². The molecule has 0 saturated carbocycles. The average Bonchev–Trinajstić information content (AvgIpc) is 3.11. The second-order valence-corrected chi connectivity index (χ2v) is 7.89. The molecule has 0 aliphatic carbocycles. The van der Waals surface area contributed by atoms with Crippen LogP contribution in [0.2, 0.25) is 0 Å². The second kappa shape index (κ2) is 10.1. The Bertz CT molecular complexity index is 934. The number of hydrogen-bond donors (Lipinski definition) is 1. The van der Waals surface area contributed by atoms with Crippen molar-refractivity contribution in [3.05, 3.63) is 59.0 Å². The molecule has 0 spiro atoms. The van der Waals surface area contributed by atoms with E-state index in [1.807, 2.05) is 43.3 Å². The van der Waals surface area contributed by atoms with Crippen molar-refractivity contribution in [2.45, 2.75) is 33.1 Å². The number of benzene rings is 2. The van der Waals surface area contributed by atoms with E-state index in [0.717, 1.165) is 40.5 Å². The number of methoxy groups -OCH3 is 1. The Labute approximate surface area is 175 Å². The van der Waals surface area contributed by atoms with Crippen molar-refractivity contribution in [3.8, 4) is 22.8 Å². The van der Waals surface area contributed by atoms with E-state index in [9.17, 15) is 4.79 Å². The Hall–Kier alpha value is -2.86. The lowest BCUT2D eigenvalue weighted by Crippen LogP contribution is -2.11. The lowest BCUT2D eigenvalue weighted by atomic mass is 10.1. The number of amides is 1. The molecule has 0 aliphatic heterocycles. The Kier molecular flexibility index (Phi) is 7.25. The third-order valence-corrected chi connectivity index (χ3v) is 5.40. The Morgan fingerprint density at radius 1 is 1.03 bits per heavy atom. The Morgan fingerprint density at radius 3 is 2.38 bits per heavy atom. The molecule has 6 heteroatoms. The zero-order valence-electron chi connectivity index (χ0n) is 17.0. The largest absolute Gasteiger partial charge is 0.497 e. The summed E-state index contributed by atoms with van der Waals surface area (Å²) < 4.78 is 10.9. The van der Waals surface area contributed by atoms with E-state index in [1.54, 1.807) is 19.2 Å². The van der Waals surface area contributed by atoms with E-state index in [4.69, 9.17) is 9.47 Å². The van der Waals surface area contributed by atoms with Crippen molar-refractivity contribution in [3.63, 3.8) is 0 Å². The number of carbonyl (C=O) groups is 1. The summed E-state index contributed by atoms with van der Waals surface area (Å²) in [5.74, 6) is 1.40. The first-order valence-electron chi connectivity index (χ1n) is 9.76. The SMILES string of the molecule is CCCCCOc1ccc(C(=O)Nc2nc(-c3ccc(OC)cc3)c(C)s2)cc1. The average molecular weight is 411 g/mol. The molecule has 0 fully saturated rings. The van der Waals surface area contributed by atoms with Crippen molar-refractivity contribution < 1.29 is 14.3 Å². The molecule has 0 bridgehead atoms. The predicted octanol–water partition coefficient (Wildman–Crippen LogP) is 5.95. The molecule has 0 unspecified atom stereocenters. The number of rotatable bonds is 9. The van der Waals surface area contributed by atoms with E-state index in [1.165, 1.54) is 17.8 Å². The first-order chi connectivity index (χ1) is 14.1. The summed E-state index contributed by atoms with van der Waals surface area (Å²) in [5.41, 5.74) is 2.43. The van der Waals surface area contributed by atoms with Crippen LogP contribution in [-0.4, -0.2) is 24.6 Å². The number of nitrogens with zero attached hydrogens (tertiary/aromatic N) is 1. The summed E-state index contributed by atoms with van der Waals surface area (Å²) in [6.07, 6.45) is 3.36. The topological polar surface area (TPSA) is 60.5 Å². The standard InChI is InChI=1S/C23H26N2O3S/c1-4-5-6-15-28-20-13-9-18(10-14-20)22(26)25-23-24-21(16(2)29-23)17-7-11-19(27-3)12-8-17/h7-14H,4-6,15H2,1-3H3,(H,24,25,26). The monoisotopic (exact) mass is 410 g/mol. The van der Waals surface area contributed by atoms with Gasteiger partial charge in [0.2, 0.25) is 0 Å². The Balaban J connectivity index is 1.63. The van der Waals surface area contributed by atoms with E-state index in [0.29, 0.717) is 17.3 Å². The third kappa shape index (κ3) is 5.57. The van der Waals surface area contributed by atoms with Crippen LogP contribution < -0.4 is 14.8 Å². The highest BCUT2D eigenvalue weighted by molar-refractivity contribution is 7.16. The highest BCUT2D eigenvalue weighted by atomic mass is 32.1. The van der Waals surface area contributed by atoms with Gasteiger partial charge in [-0.05, 0) is 61.9 Å². The number of ether oxygens (including phenoxy) is 2. The minimum atomic E-state index is -0.183. The molecule has 152 valence electrons. The van der Waals surface area contributed by atoms with Crippen LogP contribution in [0.25, 0.3) is 11.3 Å². The van der Waals surface area contributed by atoms with Crippen LogP contribution >= 0.6 is 11.3 Å². The number of aromatic nitrogens is 1. The van der Waals surface area contributed by atoms with Crippen LogP contribution in [0.3, 0.4) is 0 Å². The van der Waals surface area contributed by atoms with Gasteiger partial charge in [-0.1, -0.05) is 19.8 Å². The van der Waals surface area contributed by atoms with Gasteiger partial charge in [-0.25, -0.2) is 4.98 Å². The molecule has 5 nitrogen and oxygen atoms in total. The van der Waals surface area contributed by atoms with Gasteiger partial charge < -0.3 is 9.47 Å². The summed E-state index contributed by atoms with van der Waals surface area (Å²) in [5, 5.41) is 3.48. The van der Waals surface area contributed by atoms with Gasteiger partial charge in [-0.2, -0.15) is 0 Å². The molecule has 1 heterocycles. The molecular weight excluding hydrogens is 384 g/mol. The second-order valence-electron chi connectivity index (χ2n) is 6.69. The number of unbranched alkanes of at least 4 members (excludes halogenated alkanes) is 2. The maximum Gasteiger partial charge on any atom is 0.257 e. The molecule has 1 aromatic heterocycles. The zero-order chi connectivity index (χ0) is 20.6. The van der Waals surface area contributed by atoms with Crippen LogP contribution in [0.1, 0.15) is 41.4 Å². The summed E-state index contributed by atoms with van der Waals surface area (Å²) in [6, 6.07) is 14.9. The normalized spacial score (nSPS) is 10.6. The van der Waals surface area contributed by atoms with Gasteiger partial charge in [-0.15, -0.1) is 11.3 Å². The van der Waals surface area contributed by atoms with Crippen molar-refractivity contribution in [2.24, 2.45) is 0 Å². The number of aryl methyl sites for hydroxylation is 1. The van der Waals surface area contributed by atoms with Crippen LogP contribution in [0.5, 0.6) is 11.5 Å². The minimum absolute atomic E-state index is 0.183. The van der Waals surface area contributed by atoms with Crippen LogP contribution in [0.4, 0.5) is 5.13 Å². The van der Waals surface area contributed by atoms with Crippen LogP contribution in [0.15, 0.2) is 48.5 Å². The van der Waals surface area contributed by atoms with Gasteiger partial charge in [-0.3, -0.25) is 10.1 Å². The van der Waals surface area contributed by atoms with Gasteiger partial charge >= 0.3 is 0 Å². The fraction of sp³-hybridized carbons (Fsp3) is 0.304. The third-order valence-electron chi connectivity index (χ3n) is 4.51. The summed E-state index contributed by atoms with van der Waals surface area (Å²) in [6.45, 7) is 4.86. The molecule has 1 N–H and O–H groups in total. The van der Waals surface area contributed by atoms with Gasteiger partial charge in [0.25, 0.3) is 5.91 Å². The first-order valence-corrected chi connectivity index (χ1v) is 10.6. The molecule has 29 heavy (non-hydrogen) atoms. The highest BCUT2D eigenvalue weighted by Crippen LogP contribution is 2.31. The quantitative estimate of drug-likeness (QED) is 0.443. The fourth-order valence-electron chi connectivity index (χ4n) is 2.88. The van der Waals surface area contributed by atoms with E-state index < -0.39 is 0 Å². The van der Waals surface area contributed by atoms with Crippen molar-refractivity contribution >= 4 is 22.4 Å². The van der Waals surface area contributed by atoms with Gasteiger partial charge in [0.05, 0.1) is 19.4 Å². The Morgan fingerprint density at radius 2 is 1.72 bits per heavy atom. The molecular formula is C23H26N2O3S. The van der Waals surface area contributed by atoms with Crippen LogP contribution in [-0.2, 0) is 0 Å².